The smallest absolute Gasteiger partial charge is 0.259 e. The molecule has 1 aromatic heterocycles. The molecule has 4 rings (SSSR count). The molecule has 0 bridgehead atoms. The van der Waals surface area contributed by atoms with Gasteiger partial charge in [0.2, 0.25) is 0 Å². The predicted molar refractivity (Wildman–Crippen MR) is 113 cm³/mol. The highest BCUT2D eigenvalue weighted by Gasteiger charge is 2.20. The van der Waals surface area contributed by atoms with Crippen molar-refractivity contribution in [2.45, 2.75) is 6.92 Å². The molecule has 140 valence electrons. The van der Waals surface area contributed by atoms with E-state index in [1.165, 1.54) is 0 Å². The quantitative estimate of drug-likeness (QED) is 0.545. The Morgan fingerprint density at radius 2 is 1.76 bits per heavy atom. The number of benzene rings is 3. The Morgan fingerprint density at radius 1 is 1.00 bits per heavy atom. The van der Waals surface area contributed by atoms with Gasteiger partial charge in [0.05, 0.1) is 22.9 Å². The standard InChI is InChI=1S/C24H18N4O/c1-17-8-5-6-13-21(17)23-22(16-28(27-23)20-11-3-2-4-12-20)24(29)26-19-10-7-9-18(14-19)15-25/h2-14,16H,1H3,(H,26,29). The van der Waals surface area contributed by atoms with E-state index in [0.29, 0.717) is 22.5 Å². The fourth-order valence-corrected chi connectivity index (χ4v) is 3.16. The number of carbonyl (C=O) groups excluding carboxylic acids is 1. The topological polar surface area (TPSA) is 70.7 Å². The normalized spacial score (nSPS) is 10.3. The second kappa shape index (κ2) is 7.83. The van der Waals surface area contributed by atoms with E-state index in [2.05, 4.69) is 11.4 Å². The van der Waals surface area contributed by atoms with Crippen molar-refractivity contribution in [3.63, 3.8) is 0 Å². The second-order valence-corrected chi connectivity index (χ2v) is 6.63. The number of amides is 1. The van der Waals surface area contributed by atoms with E-state index < -0.39 is 0 Å². The molecule has 1 heterocycles. The van der Waals surface area contributed by atoms with Crippen LogP contribution in [0.25, 0.3) is 16.9 Å². The highest BCUT2D eigenvalue weighted by atomic mass is 16.1. The zero-order valence-corrected chi connectivity index (χ0v) is 15.8. The summed E-state index contributed by atoms with van der Waals surface area (Å²) in [7, 11) is 0. The van der Waals surface area contributed by atoms with Crippen molar-refractivity contribution >= 4 is 11.6 Å². The van der Waals surface area contributed by atoms with E-state index in [1.54, 1.807) is 35.1 Å². The van der Waals surface area contributed by atoms with Crippen LogP contribution in [0.1, 0.15) is 21.5 Å². The van der Waals surface area contributed by atoms with Crippen LogP contribution in [-0.2, 0) is 0 Å². The zero-order valence-electron chi connectivity index (χ0n) is 15.8. The average molecular weight is 378 g/mol. The molecule has 29 heavy (non-hydrogen) atoms. The Bertz CT molecular complexity index is 1220. The number of rotatable bonds is 4. The Kier molecular flexibility index (Phi) is 4.91. The molecular weight excluding hydrogens is 360 g/mol. The third-order valence-corrected chi connectivity index (χ3v) is 4.63. The van der Waals surface area contributed by atoms with Crippen molar-refractivity contribution in [1.29, 1.82) is 5.26 Å². The van der Waals surface area contributed by atoms with Gasteiger partial charge in [-0.25, -0.2) is 4.68 Å². The molecule has 0 saturated heterocycles. The van der Waals surface area contributed by atoms with Gasteiger partial charge in [-0.15, -0.1) is 0 Å². The molecule has 0 fully saturated rings. The van der Waals surface area contributed by atoms with Crippen LogP contribution >= 0.6 is 0 Å². The van der Waals surface area contributed by atoms with Crippen LogP contribution in [0.2, 0.25) is 0 Å². The molecule has 0 atom stereocenters. The summed E-state index contributed by atoms with van der Waals surface area (Å²) in [6, 6.07) is 26.4. The fourth-order valence-electron chi connectivity index (χ4n) is 3.16. The first-order chi connectivity index (χ1) is 14.2. The molecule has 4 aromatic rings. The SMILES string of the molecule is Cc1ccccc1-c1nn(-c2ccccc2)cc1C(=O)Nc1cccc(C#N)c1. The van der Waals surface area contributed by atoms with Gasteiger partial charge in [-0.05, 0) is 42.8 Å². The van der Waals surface area contributed by atoms with Crippen molar-refractivity contribution in [3.8, 4) is 23.0 Å². The molecule has 0 aliphatic carbocycles. The van der Waals surface area contributed by atoms with Crippen molar-refractivity contribution < 1.29 is 4.79 Å². The largest absolute Gasteiger partial charge is 0.322 e. The van der Waals surface area contributed by atoms with Crippen LogP contribution in [-0.4, -0.2) is 15.7 Å². The van der Waals surface area contributed by atoms with E-state index in [0.717, 1.165) is 16.8 Å². The number of nitriles is 1. The summed E-state index contributed by atoms with van der Waals surface area (Å²) in [5.74, 6) is -0.277. The number of nitrogens with zero attached hydrogens (tertiary/aromatic N) is 3. The molecule has 1 amide bonds. The lowest BCUT2D eigenvalue weighted by Crippen LogP contribution is -2.12. The lowest BCUT2D eigenvalue weighted by atomic mass is 10.0. The molecule has 0 radical (unpaired) electrons. The monoisotopic (exact) mass is 378 g/mol. The maximum atomic E-state index is 13.1. The number of nitrogens with one attached hydrogen (secondary N) is 1. The number of anilines is 1. The number of hydrogen-bond acceptors (Lipinski definition) is 3. The minimum atomic E-state index is -0.277. The van der Waals surface area contributed by atoms with Gasteiger partial charge in [0.25, 0.3) is 5.91 Å². The van der Waals surface area contributed by atoms with Crippen molar-refractivity contribution in [2.75, 3.05) is 5.32 Å². The molecule has 0 saturated carbocycles. The van der Waals surface area contributed by atoms with Gasteiger partial charge in [-0.1, -0.05) is 48.5 Å². The van der Waals surface area contributed by atoms with Crippen LogP contribution in [0.4, 0.5) is 5.69 Å². The summed E-state index contributed by atoms with van der Waals surface area (Å²) < 4.78 is 1.71. The van der Waals surface area contributed by atoms with Gasteiger partial charge < -0.3 is 5.32 Å². The minimum Gasteiger partial charge on any atom is -0.322 e. The number of aromatic nitrogens is 2. The van der Waals surface area contributed by atoms with Crippen LogP contribution in [0.15, 0.2) is 85.1 Å². The highest BCUT2D eigenvalue weighted by molar-refractivity contribution is 6.08. The Morgan fingerprint density at radius 3 is 2.52 bits per heavy atom. The van der Waals surface area contributed by atoms with E-state index in [9.17, 15) is 4.79 Å². The third kappa shape index (κ3) is 3.78. The van der Waals surface area contributed by atoms with Crippen LogP contribution in [0, 0.1) is 18.3 Å². The number of hydrogen-bond donors (Lipinski definition) is 1. The summed E-state index contributed by atoms with van der Waals surface area (Å²) in [5.41, 5.74) is 4.93. The molecule has 0 spiro atoms. The lowest BCUT2D eigenvalue weighted by Gasteiger charge is -2.07. The summed E-state index contributed by atoms with van der Waals surface area (Å²) in [4.78, 5) is 13.1. The van der Waals surface area contributed by atoms with E-state index in [-0.39, 0.29) is 5.91 Å². The minimum absolute atomic E-state index is 0.277. The van der Waals surface area contributed by atoms with Crippen molar-refractivity contribution in [2.24, 2.45) is 0 Å². The number of aryl methyl sites for hydroxylation is 1. The second-order valence-electron chi connectivity index (χ2n) is 6.63. The molecule has 0 aliphatic rings. The van der Waals surface area contributed by atoms with Gasteiger partial charge in [0.15, 0.2) is 0 Å². The Balaban J connectivity index is 1.78. The lowest BCUT2D eigenvalue weighted by molar-refractivity contribution is 0.102. The summed E-state index contributed by atoms with van der Waals surface area (Å²) in [6.45, 7) is 1.99. The Hall–Kier alpha value is -4.17. The highest BCUT2D eigenvalue weighted by Crippen LogP contribution is 2.27. The van der Waals surface area contributed by atoms with Crippen LogP contribution < -0.4 is 5.32 Å². The van der Waals surface area contributed by atoms with Gasteiger partial charge >= 0.3 is 0 Å². The number of carbonyl (C=O) groups is 1. The summed E-state index contributed by atoms with van der Waals surface area (Å²) >= 11 is 0. The van der Waals surface area contributed by atoms with E-state index in [4.69, 9.17) is 10.4 Å². The van der Waals surface area contributed by atoms with Crippen molar-refractivity contribution in [1.82, 2.24) is 9.78 Å². The summed E-state index contributed by atoms with van der Waals surface area (Å²) in [6.07, 6.45) is 1.74. The first-order valence-corrected chi connectivity index (χ1v) is 9.18. The van der Waals surface area contributed by atoms with Gasteiger partial charge in [0, 0.05) is 17.4 Å². The molecule has 3 aromatic carbocycles. The zero-order chi connectivity index (χ0) is 20.2. The first-order valence-electron chi connectivity index (χ1n) is 9.18. The van der Waals surface area contributed by atoms with Crippen LogP contribution in [0.3, 0.4) is 0 Å². The van der Waals surface area contributed by atoms with E-state index >= 15 is 0 Å². The summed E-state index contributed by atoms with van der Waals surface area (Å²) in [5, 5.41) is 16.7. The Labute approximate surface area is 168 Å². The molecular formula is C24H18N4O. The third-order valence-electron chi connectivity index (χ3n) is 4.63. The molecule has 0 unspecified atom stereocenters. The average Bonchev–Trinajstić information content (AvgIpc) is 3.20. The van der Waals surface area contributed by atoms with Gasteiger partial charge in [-0.3, -0.25) is 4.79 Å². The number of para-hydroxylation sites is 1. The first kappa shape index (κ1) is 18.2. The van der Waals surface area contributed by atoms with Gasteiger partial charge in [-0.2, -0.15) is 10.4 Å². The van der Waals surface area contributed by atoms with Crippen LogP contribution in [0.5, 0.6) is 0 Å². The maximum absolute atomic E-state index is 13.1. The fraction of sp³-hybridized carbons (Fsp3) is 0.0417. The van der Waals surface area contributed by atoms with Crippen molar-refractivity contribution in [3.05, 3.63) is 102 Å². The molecule has 0 aliphatic heterocycles. The molecule has 1 N–H and O–H groups in total. The predicted octanol–water partition coefficient (Wildman–Crippen LogP) is 4.97. The van der Waals surface area contributed by atoms with Gasteiger partial charge in [0.1, 0.15) is 5.69 Å². The maximum Gasteiger partial charge on any atom is 0.259 e. The molecule has 5 nitrogen and oxygen atoms in total. The van der Waals surface area contributed by atoms with E-state index in [1.807, 2.05) is 61.5 Å². The molecule has 5 heteroatoms.